The predicted molar refractivity (Wildman–Crippen MR) is 73.1 cm³/mol. The number of nitrogens with zero attached hydrogens (tertiary/aromatic N) is 3. The van der Waals surface area contributed by atoms with E-state index in [4.69, 9.17) is 10.8 Å². The Morgan fingerprint density at radius 2 is 2.26 bits per heavy atom. The molecular formula is C12H14N4O2S. The Morgan fingerprint density at radius 1 is 1.47 bits per heavy atom. The van der Waals surface area contributed by atoms with Crippen molar-refractivity contribution >= 4 is 23.7 Å². The third-order valence-electron chi connectivity index (χ3n) is 2.49. The van der Waals surface area contributed by atoms with Crippen LogP contribution in [0, 0.1) is 6.92 Å². The van der Waals surface area contributed by atoms with Gasteiger partial charge in [-0.15, -0.1) is 10.2 Å². The molecule has 1 aromatic carbocycles. The highest BCUT2D eigenvalue weighted by Gasteiger charge is 2.12. The zero-order valence-corrected chi connectivity index (χ0v) is 11.2. The summed E-state index contributed by atoms with van der Waals surface area (Å²) in [6.07, 6.45) is 0. The maximum atomic E-state index is 10.6. The number of carboxylic acid groups (broad SMARTS) is 1. The lowest BCUT2D eigenvalue weighted by molar-refractivity contribution is -0.133. The van der Waals surface area contributed by atoms with Gasteiger partial charge in [0.05, 0.1) is 12.3 Å². The number of nitrogens with two attached hydrogens (primary N) is 1. The van der Waals surface area contributed by atoms with Crippen molar-refractivity contribution < 1.29 is 9.90 Å². The van der Waals surface area contributed by atoms with Gasteiger partial charge < -0.3 is 10.8 Å². The zero-order chi connectivity index (χ0) is 13.8. The standard InChI is InChI=1S/C12H14N4O2S/c1-8-3-2-4-9(5-8)6-16-11(13)14-15-12(16)19-7-10(17)18/h2-5H,6-7H2,1H3,(H2,13,14)(H,17,18). The SMILES string of the molecule is Cc1cccc(Cn2c(N)nnc2SCC(=O)O)c1. The van der Waals surface area contributed by atoms with Gasteiger partial charge in [-0.1, -0.05) is 41.6 Å². The molecule has 0 saturated heterocycles. The molecule has 0 aliphatic carbocycles. The molecule has 0 unspecified atom stereocenters. The molecule has 19 heavy (non-hydrogen) atoms. The first-order valence-corrected chi connectivity index (χ1v) is 6.63. The highest BCUT2D eigenvalue weighted by atomic mass is 32.2. The Kier molecular flexibility index (Phi) is 4.06. The van der Waals surface area contributed by atoms with Crippen LogP contribution in [0.2, 0.25) is 0 Å². The molecular weight excluding hydrogens is 264 g/mol. The van der Waals surface area contributed by atoms with Gasteiger partial charge in [-0.3, -0.25) is 9.36 Å². The van der Waals surface area contributed by atoms with Crippen molar-refractivity contribution in [2.75, 3.05) is 11.5 Å². The molecule has 0 saturated carbocycles. The number of thioether (sulfide) groups is 1. The van der Waals surface area contributed by atoms with E-state index in [-0.39, 0.29) is 11.7 Å². The van der Waals surface area contributed by atoms with Gasteiger partial charge >= 0.3 is 5.97 Å². The van der Waals surface area contributed by atoms with E-state index in [1.165, 1.54) is 0 Å². The summed E-state index contributed by atoms with van der Waals surface area (Å²) in [5, 5.41) is 16.9. The summed E-state index contributed by atoms with van der Waals surface area (Å²) in [5.74, 6) is -0.672. The smallest absolute Gasteiger partial charge is 0.313 e. The predicted octanol–water partition coefficient (Wildman–Crippen LogP) is 1.39. The van der Waals surface area contributed by atoms with Crippen LogP contribution >= 0.6 is 11.8 Å². The molecule has 0 fully saturated rings. The van der Waals surface area contributed by atoms with Crippen LogP contribution in [0.15, 0.2) is 29.4 Å². The molecule has 1 heterocycles. The Hall–Kier alpha value is -2.02. The minimum atomic E-state index is -0.895. The summed E-state index contributed by atoms with van der Waals surface area (Å²) >= 11 is 1.11. The fraction of sp³-hybridized carbons (Fsp3) is 0.250. The molecule has 100 valence electrons. The highest BCUT2D eigenvalue weighted by Crippen LogP contribution is 2.19. The number of nitrogen functional groups attached to an aromatic ring is 1. The van der Waals surface area contributed by atoms with Crippen molar-refractivity contribution in [2.45, 2.75) is 18.6 Å². The lowest BCUT2D eigenvalue weighted by atomic mass is 10.1. The molecule has 0 bridgehead atoms. The van der Waals surface area contributed by atoms with Crippen molar-refractivity contribution in [1.29, 1.82) is 0 Å². The summed E-state index contributed by atoms with van der Waals surface area (Å²) in [7, 11) is 0. The summed E-state index contributed by atoms with van der Waals surface area (Å²) in [4.78, 5) is 10.6. The van der Waals surface area contributed by atoms with Crippen LogP contribution < -0.4 is 5.73 Å². The second kappa shape index (κ2) is 5.75. The lowest BCUT2D eigenvalue weighted by Crippen LogP contribution is -2.07. The van der Waals surface area contributed by atoms with E-state index in [9.17, 15) is 4.79 Å². The summed E-state index contributed by atoms with van der Waals surface area (Å²) in [6, 6.07) is 8.01. The number of hydrogen-bond donors (Lipinski definition) is 2. The summed E-state index contributed by atoms with van der Waals surface area (Å²) in [6.45, 7) is 2.54. The van der Waals surface area contributed by atoms with E-state index in [0.29, 0.717) is 11.7 Å². The van der Waals surface area contributed by atoms with Crippen LogP contribution in [0.25, 0.3) is 0 Å². The van der Waals surface area contributed by atoms with Gasteiger partial charge in [0.2, 0.25) is 5.95 Å². The number of aromatic nitrogens is 3. The number of rotatable bonds is 5. The zero-order valence-electron chi connectivity index (χ0n) is 10.4. The molecule has 0 spiro atoms. The largest absolute Gasteiger partial charge is 0.481 e. The average Bonchev–Trinajstić information content (AvgIpc) is 2.68. The monoisotopic (exact) mass is 278 g/mol. The molecule has 7 heteroatoms. The first-order valence-electron chi connectivity index (χ1n) is 5.65. The van der Waals surface area contributed by atoms with Gasteiger partial charge in [-0.05, 0) is 12.5 Å². The average molecular weight is 278 g/mol. The van der Waals surface area contributed by atoms with Gasteiger partial charge in [-0.2, -0.15) is 0 Å². The first kappa shape index (κ1) is 13.4. The Balaban J connectivity index is 2.19. The molecule has 1 aromatic heterocycles. The molecule has 0 radical (unpaired) electrons. The normalized spacial score (nSPS) is 10.6. The number of carboxylic acids is 1. The number of carbonyl (C=O) groups is 1. The van der Waals surface area contributed by atoms with Crippen molar-refractivity contribution in [1.82, 2.24) is 14.8 Å². The van der Waals surface area contributed by atoms with Crippen molar-refractivity contribution in [3.63, 3.8) is 0 Å². The van der Waals surface area contributed by atoms with E-state index >= 15 is 0 Å². The van der Waals surface area contributed by atoms with Crippen LogP contribution in [0.5, 0.6) is 0 Å². The molecule has 0 amide bonds. The number of benzene rings is 1. The Labute approximate surface area is 114 Å². The van der Waals surface area contributed by atoms with Crippen molar-refractivity contribution in [3.05, 3.63) is 35.4 Å². The number of hydrogen-bond acceptors (Lipinski definition) is 5. The van der Waals surface area contributed by atoms with Crippen LogP contribution in [0.1, 0.15) is 11.1 Å². The van der Waals surface area contributed by atoms with E-state index in [0.717, 1.165) is 22.9 Å². The summed E-state index contributed by atoms with van der Waals surface area (Å²) in [5.41, 5.74) is 7.99. The maximum absolute atomic E-state index is 10.6. The van der Waals surface area contributed by atoms with Gasteiger partial charge in [0.15, 0.2) is 5.16 Å². The first-order chi connectivity index (χ1) is 9.06. The fourth-order valence-electron chi connectivity index (χ4n) is 1.67. The van der Waals surface area contributed by atoms with Crippen LogP contribution in [0.3, 0.4) is 0 Å². The van der Waals surface area contributed by atoms with E-state index in [1.54, 1.807) is 4.57 Å². The Morgan fingerprint density at radius 3 is 2.95 bits per heavy atom. The van der Waals surface area contributed by atoms with Crippen LogP contribution in [-0.4, -0.2) is 31.6 Å². The van der Waals surface area contributed by atoms with Gasteiger partial charge in [0.1, 0.15) is 0 Å². The second-order valence-corrected chi connectivity index (χ2v) is 5.04. The summed E-state index contributed by atoms with van der Waals surface area (Å²) < 4.78 is 1.71. The topological polar surface area (TPSA) is 94.0 Å². The van der Waals surface area contributed by atoms with E-state index < -0.39 is 5.97 Å². The quantitative estimate of drug-likeness (QED) is 0.803. The van der Waals surface area contributed by atoms with E-state index in [2.05, 4.69) is 10.2 Å². The molecule has 3 N–H and O–H groups in total. The highest BCUT2D eigenvalue weighted by molar-refractivity contribution is 7.99. The number of aryl methyl sites for hydroxylation is 1. The third kappa shape index (κ3) is 3.47. The molecule has 2 aromatic rings. The van der Waals surface area contributed by atoms with Crippen molar-refractivity contribution in [3.8, 4) is 0 Å². The van der Waals surface area contributed by atoms with Crippen LogP contribution in [-0.2, 0) is 11.3 Å². The van der Waals surface area contributed by atoms with E-state index in [1.807, 2.05) is 31.2 Å². The number of anilines is 1. The Bertz CT molecular complexity index is 597. The second-order valence-electron chi connectivity index (χ2n) is 4.10. The molecule has 0 atom stereocenters. The third-order valence-corrected chi connectivity index (χ3v) is 3.44. The lowest BCUT2D eigenvalue weighted by Gasteiger charge is -2.08. The van der Waals surface area contributed by atoms with Crippen LogP contribution in [0.4, 0.5) is 5.95 Å². The fourth-order valence-corrected chi connectivity index (χ4v) is 2.34. The molecule has 0 aliphatic heterocycles. The molecule has 0 aliphatic rings. The minimum absolute atomic E-state index is 0.0635. The van der Waals surface area contributed by atoms with Gasteiger partial charge in [0, 0.05) is 0 Å². The van der Waals surface area contributed by atoms with Gasteiger partial charge in [0.25, 0.3) is 0 Å². The molecule has 6 nitrogen and oxygen atoms in total. The number of aliphatic carboxylic acids is 1. The maximum Gasteiger partial charge on any atom is 0.313 e. The van der Waals surface area contributed by atoms with Crippen molar-refractivity contribution in [2.24, 2.45) is 0 Å². The molecule has 2 rings (SSSR count). The minimum Gasteiger partial charge on any atom is -0.481 e. The van der Waals surface area contributed by atoms with Gasteiger partial charge in [-0.25, -0.2) is 0 Å².